The minimum Gasteiger partial charge on any atom is -0.493 e. The molecule has 0 amide bonds. The Kier molecular flexibility index (Phi) is 1.56. The van der Waals surface area contributed by atoms with E-state index in [1.54, 1.807) is 13.3 Å². The third-order valence-corrected chi connectivity index (χ3v) is 2.26. The van der Waals surface area contributed by atoms with Crippen LogP contribution >= 0.6 is 0 Å². The van der Waals surface area contributed by atoms with Crippen LogP contribution in [-0.4, -0.2) is 16.9 Å². The molecule has 0 spiro atoms. The molecular formula is C8H12N2O. The summed E-state index contributed by atoms with van der Waals surface area (Å²) < 4.78 is 7.03. The van der Waals surface area contributed by atoms with E-state index in [1.807, 2.05) is 10.9 Å². The Morgan fingerprint density at radius 3 is 2.91 bits per heavy atom. The van der Waals surface area contributed by atoms with Crippen molar-refractivity contribution in [2.75, 3.05) is 7.11 Å². The predicted octanol–water partition coefficient (Wildman–Crippen LogP) is 1.62. The second-order valence-corrected chi connectivity index (χ2v) is 2.94. The number of hydrogen-bond donors (Lipinski definition) is 0. The normalized spacial score (nSPS) is 17.9. The molecule has 1 aromatic rings. The standard InChI is InChI=1S/C8H12N2O/c1-11-8-5-9-10(6-8)7-3-2-4-7/h5-7H,2-4H2,1H3. The number of ether oxygens (including phenoxy) is 1. The highest BCUT2D eigenvalue weighted by molar-refractivity contribution is 5.11. The van der Waals surface area contributed by atoms with Crippen molar-refractivity contribution in [2.24, 2.45) is 0 Å². The van der Waals surface area contributed by atoms with Crippen LogP contribution in [0.5, 0.6) is 5.75 Å². The maximum Gasteiger partial charge on any atom is 0.156 e. The maximum atomic E-state index is 5.03. The summed E-state index contributed by atoms with van der Waals surface area (Å²) in [6.45, 7) is 0. The van der Waals surface area contributed by atoms with Gasteiger partial charge >= 0.3 is 0 Å². The molecule has 1 aromatic heterocycles. The van der Waals surface area contributed by atoms with Crippen molar-refractivity contribution in [3.8, 4) is 5.75 Å². The summed E-state index contributed by atoms with van der Waals surface area (Å²) in [5, 5.41) is 4.20. The van der Waals surface area contributed by atoms with Gasteiger partial charge in [0.05, 0.1) is 25.5 Å². The summed E-state index contributed by atoms with van der Waals surface area (Å²) >= 11 is 0. The van der Waals surface area contributed by atoms with Crippen LogP contribution < -0.4 is 4.74 Å². The molecule has 2 rings (SSSR count). The topological polar surface area (TPSA) is 27.1 Å². The molecule has 1 aliphatic carbocycles. The van der Waals surface area contributed by atoms with Crippen LogP contribution in [0.25, 0.3) is 0 Å². The van der Waals surface area contributed by atoms with E-state index in [1.165, 1.54) is 19.3 Å². The Balaban J connectivity index is 2.11. The lowest BCUT2D eigenvalue weighted by Gasteiger charge is -2.25. The Morgan fingerprint density at radius 1 is 1.64 bits per heavy atom. The van der Waals surface area contributed by atoms with E-state index in [0.29, 0.717) is 6.04 Å². The third-order valence-electron chi connectivity index (χ3n) is 2.26. The predicted molar refractivity (Wildman–Crippen MR) is 41.7 cm³/mol. The molecule has 0 unspecified atom stereocenters. The molecule has 0 aromatic carbocycles. The lowest BCUT2D eigenvalue weighted by atomic mass is 9.93. The first-order valence-electron chi connectivity index (χ1n) is 3.98. The average molecular weight is 152 g/mol. The van der Waals surface area contributed by atoms with Crippen LogP contribution in [0.3, 0.4) is 0 Å². The van der Waals surface area contributed by atoms with Gasteiger partial charge in [-0.1, -0.05) is 0 Å². The van der Waals surface area contributed by atoms with Gasteiger partial charge in [0.25, 0.3) is 0 Å². The van der Waals surface area contributed by atoms with Gasteiger partial charge < -0.3 is 4.74 Å². The van der Waals surface area contributed by atoms with Crippen molar-refractivity contribution in [1.82, 2.24) is 9.78 Å². The molecule has 0 aliphatic heterocycles. The highest BCUT2D eigenvalue weighted by atomic mass is 16.5. The van der Waals surface area contributed by atoms with Crippen LogP contribution in [0.15, 0.2) is 12.4 Å². The van der Waals surface area contributed by atoms with E-state index in [-0.39, 0.29) is 0 Å². The fraction of sp³-hybridized carbons (Fsp3) is 0.625. The van der Waals surface area contributed by atoms with Gasteiger partial charge in [-0.05, 0) is 19.3 Å². The monoisotopic (exact) mass is 152 g/mol. The fourth-order valence-corrected chi connectivity index (χ4v) is 1.28. The van der Waals surface area contributed by atoms with Crippen molar-refractivity contribution in [2.45, 2.75) is 25.3 Å². The van der Waals surface area contributed by atoms with Gasteiger partial charge in [-0.15, -0.1) is 0 Å². The summed E-state index contributed by atoms with van der Waals surface area (Å²) in [7, 11) is 1.67. The van der Waals surface area contributed by atoms with E-state index in [0.717, 1.165) is 5.75 Å². The van der Waals surface area contributed by atoms with E-state index in [2.05, 4.69) is 5.10 Å². The number of nitrogens with zero attached hydrogens (tertiary/aromatic N) is 2. The zero-order valence-corrected chi connectivity index (χ0v) is 6.66. The molecule has 0 N–H and O–H groups in total. The minimum atomic E-state index is 0.638. The average Bonchev–Trinajstić information content (AvgIpc) is 2.32. The summed E-state index contributed by atoms with van der Waals surface area (Å²) in [5.41, 5.74) is 0. The molecule has 0 saturated heterocycles. The molecule has 0 radical (unpaired) electrons. The molecule has 1 saturated carbocycles. The van der Waals surface area contributed by atoms with Gasteiger partial charge in [0.2, 0.25) is 0 Å². The van der Waals surface area contributed by atoms with Crippen molar-refractivity contribution in [1.29, 1.82) is 0 Å². The second-order valence-electron chi connectivity index (χ2n) is 2.94. The first-order chi connectivity index (χ1) is 5.40. The molecule has 1 heterocycles. The number of methoxy groups -OCH3 is 1. The van der Waals surface area contributed by atoms with Crippen LogP contribution in [0.4, 0.5) is 0 Å². The lowest BCUT2D eigenvalue weighted by Crippen LogP contribution is -2.16. The second kappa shape index (κ2) is 2.57. The molecular weight excluding hydrogens is 140 g/mol. The van der Waals surface area contributed by atoms with Crippen LogP contribution in [-0.2, 0) is 0 Å². The number of rotatable bonds is 2. The number of aromatic nitrogens is 2. The summed E-state index contributed by atoms with van der Waals surface area (Å²) in [4.78, 5) is 0. The van der Waals surface area contributed by atoms with Crippen LogP contribution in [0.1, 0.15) is 25.3 Å². The maximum absolute atomic E-state index is 5.03. The summed E-state index contributed by atoms with van der Waals surface area (Å²) in [6.07, 6.45) is 7.60. The van der Waals surface area contributed by atoms with E-state index >= 15 is 0 Å². The lowest BCUT2D eigenvalue weighted by molar-refractivity contribution is 0.288. The van der Waals surface area contributed by atoms with Crippen molar-refractivity contribution in [3.05, 3.63) is 12.4 Å². The Labute approximate surface area is 66.0 Å². The van der Waals surface area contributed by atoms with E-state index < -0.39 is 0 Å². The van der Waals surface area contributed by atoms with Gasteiger partial charge in [0.1, 0.15) is 0 Å². The van der Waals surface area contributed by atoms with Crippen molar-refractivity contribution in [3.63, 3.8) is 0 Å². The van der Waals surface area contributed by atoms with Crippen LogP contribution in [0, 0.1) is 0 Å². The quantitative estimate of drug-likeness (QED) is 0.643. The van der Waals surface area contributed by atoms with Crippen molar-refractivity contribution < 1.29 is 4.74 Å². The van der Waals surface area contributed by atoms with Gasteiger partial charge in [-0.3, -0.25) is 4.68 Å². The molecule has 0 atom stereocenters. The molecule has 0 bridgehead atoms. The summed E-state index contributed by atoms with van der Waals surface area (Å²) in [6, 6.07) is 0.638. The smallest absolute Gasteiger partial charge is 0.156 e. The Morgan fingerprint density at radius 2 is 2.45 bits per heavy atom. The first kappa shape index (κ1) is 6.70. The highest BCUT2D eigenvalue weighted by Gasteiger charge is 2.19. The van der Waals surface area contributed by atoms with E-state index in [9.17, 15) is 0 Å². The fourth-order valence-electron chi connectivity index (χ4n) is 1.28. The van der Waals surface area contributed by atoms with Crippen LogP contribution in [0.2, 0.25) is 0 Å². The Hall–Kier alpha value is -0.990. The molecule has 3 heteroatoms. The molecule has 3 nitrogen and oxygen atoms in total. The largest absolute Gasteiger partial charge is 0.493 e. The number of hydrogen-bond acceptors (Lipinski definition) is 2. The van der Waals surface area contributed by atoms with Gasteiger partial charge in [0.15, 0.2) is 5.75 Å². The SMILES string of the molecule is COc1cnn(C2CCC2)c1. The highest BCUT2D eigenvalue weighted by Crippen LogP contribution is 2.31. The minimum absolute atomic E-state index is 0.638. The summed E-state index contributed by atoms with van der Waals surface area (Å²) in [5.74, 6) is 0.858. The third kappa shape index (κ3) is 1.11. The van der Waals surface area contributed by atoms with E-state index in [4.69, 9.17) is 4.74 Å². The molecule has 60 valence electrons. The first-order valence-corrected chi connectivity index (χ1v) is 3.98. The molecule has 1 fully saturated rings. The van der Waals surface area contributed by atoms with Gasteiger partial charge in [0, 0.05) is 0 Å². The zero-order valence-electron chi connectivity index (χ0n) is 6.66. The molecule has 1 aliphatic rings. The Bertz CT molecular complexity index is 240. The zero-order chi connectivity index (χ0) is 7.68. The van der Waals surface area contributed by atoms with Gasteiger partial charge in [-0.25, -0.2) is 0 Å². The van der Waals surface area contributed by atoms with Gasteiger partial charge in [-0.2, -0.15) is 5.10 Å². The molecule has 11 heavy (non-hydrogen) atoms. The van der Waals surface area contributed by atoms with Crippen molar-refractivity contribution >= 4 is 0 Å².